The number of carbonyl (C=O) groups is 1. The average molecular weight is 248 g/mol. The summed E-state index contributed by atoms with van der Waals surface area (Å²) in [7, 11) is 0. The Morgan fingerprint density at radius 2 is 2.20 bits per heavy atom. The Morgan fingerprint density at radius 1 is 1.53 bits per heavy atom. The Labute approximate surface area is 98.0 Å². The molecule has 1 aromatic carbocycles. The van der Waals surface area contributed by atoms with Crippen LogP contribution in [0.25, 0.3) is 0 Å². The minimum Gasteiger partial charge on any atom is -0.480 e. The van der Waals surface area contributed by atoms with Crippen molar-refractivity contribution in [3.63, 3.8) is 0 Å². The highest BCUT2D eigenvalue weighted by atomic mass is 35.5. The maximum atomic E-state index is 10.8. The van der Waals surface area contributed by atoms with Gasteiger partial charge in [0.15, 0.2) is 0 Å². The van der Waals surface area contributed by atoms with Crippen LogP contribution in [0.5, 0.6) is 0 Å². The fourth-order valence-electron chi connectivity index (χ4n) is 1.14. The molecule has 1 unspecified atom stereocenters. The van der Waals surface area contributed by atoms with Crippen LogP contribution in [0, 0.1) is 0 Å². The number of hydrogen-bond donors (Lipinski definition) is 2. The molecular weight excluding hydrogens is 237 g/mol. The van der Waals surface area contributed by atoms with E-state index >= 15 is 0 Å². The molecule has 0 saturated carbocycles. The lowest BCUT2D eigenvalue weighted by Gasteiger charge is -2.15. The van der Waals surface area contributed by atoms with Gasteiger partial charge in [-0.15, -0.1) is 0 Å². The quantitative estimate of drug-likeness (QED) is 0.859. The molecule has 0 saturated heterocycles. The maximum absolute atomic E-state index is 10.8. The van der Waals surface area contributed by atoms with Crippen molar-refractivity contribution < 1.29 is 9.90 Å². The molecule has 1 atom stereocenters. The molecular formula is C10H11Cl2NO2. The summed E-state index contributed by atoms with van der Waals surface area (Å²) in [5, 5.41) is 12.4. The van der Waals surface area contributed by atoms with Gasteiger partial charge in [-0.05, 0) is 18.6 Å². The van der Waals surface area contributed by atoms with Crippen molar-refractivity contribution in [1.82, 2.24) is 0 Å². The van der Waals surface area contributed by atoms with Crippen LogP contribution in [0.4, 0.5) is 5.69 Å². The number of halogens is 2. The van der Waals surface area contributed by atoms with E-state index in [0.717, 1.165) is 0 Å². The third-order valence-corrected chi connectivity index (χ3v) is 2.81. The molecule has 15 heavy (non-hydrogen) atoms. The predicted octanol–water partition coefficient (Wildman–Crippen LogP) is 3.27. The van der Waals surface area contributed by atoms with Gasteiger partial charge in [-0.2, -0.15) is 0 Å². The lowest BCUT2D eigenvalue weighted by atomic mass is 10.2. The second-order valence-electron chi connectivity index (χ2n) is 3.04. The largest absolute Gasteiger partial charge is 0.480 e. The molecule has 0 bridgehead atoms. The van der Waals surface area contributed by atoms with Crippen molar-refractivity contribution in [1.29, 1.82) is 0 Å². The van der Waals surface area contributed by atoms with E-state index in [-0.39, 0.29) is 0 Å². The number of aliphatic carboxylic acids is 1. The van der Waals surface area contributed by atoms with Crippen LogP contribution in [0.1, 0.15) is 13.3 Å². The van der Waals surface area contributed by atoms with Gasteiger partial charge in [0.05, 0.1) is 15.7 Å². The first-order chi connectivity index (χ1) is 7.06. The summed E-state index contributed by atoms with van der Waals surface area (Å²) in [5.74, 6) is -0.909. The van der Waals surface area contributed by atoms with E-state index in [1.165, 1.54) is 0 Å². The summed E-state index contributed by atoms with van der Waals surface area (Å²) >= 11 is 11.7. The fourth-order valence-corrected chi connectivity index (χ4v) is 1.50. The molecule has 3 nitrogen and oxygen atoms in total. The number of rotatable bonds is 4. The normalized spacial score (nSPS) is 12.2. The fraction of sp³-hybridized carbons (Fsp3) is 0.300. The number of nitrogens with one attached hydrogen (secondary N) is 1. The molecule has 0 aliphatic rings. The van der Waals surface area contributed by atoms with Gasteiger partial charge < -0.3 is 10.4 Å². The van der Waals surface area contributed by atoms with Gasteiger partial charge in [0.1, 0.15) is 6.04 Å². The van der Waals surface area contributed by atoms with Crippen LogP contribution < -0.4 is 5.32 Å². The van der Waals surface area contributed by atoms with E-state index in [2.05, 4.69) is 5.32 Å². The second-order valence-corrected chi connectivity index (χ2v) is 3.83. The lowest BCUT2D eigenvalue weighted by Crippen LogP contribution is -2.28. The Morgan fingerprint density at radius 3 is 2.73 bits per heavy atom. The van der Waals surface area contributed by atoms with E-state index in [1.807, 2.05) is 0 Å². The average Bonchev–Trinajstić information content (AvgIpc) is 2.19. The monoisotopic (exact) mass is 247 g/mol. The van der Waals surface area contributed by atoms with E-state index < -0.39 is 12.0 Å². The summed E-state index contributed by atoms with van der Waals surface area (Å²) in [6.07, 6.45) is 0.470. The van der Waals surface area contributed by atoms with Crippen molar-refractivity contribution in [2.75, 3.05) is 5.32 Å². The molecule has 82 valence electrons. The van der Waals surface area contributed by atoms with Crippen LogP contribution >= 0.6 is 23.2 Å². The molecule has 0 amide bonds. The number of hydrogen-bond acceptors (Lipinski definition) is 2. The molecule has 0 aliphatic heterocycles. The number of carboxylic acids is 1. The number of benzene rings is 1. The lowest BCUT2D eigenvalue weighted by molar-refractivity contribution is -0.137. The van der Waals surface area contributed by atoms with Crippen LogP contribution in [0.2, 0.25) is 10.0 Å². The first-order valence-corrected chi connectivity index (χ1v) is 5.25. The molecule has 5 heteroatoms. The minimum absolute atomic E-state index is 0.346. The van der Waals surface area contributed by atoms with Crippen molar-refractivity contribution in [3.8, 4) is 0 Å². The summed E-state index contributed by atoms with van der Waals surface area (Å²) in [6, 6.07) is 4.41. The zero-order chi connectivity index (χ0) is 11.4. The van der Waals surface area contributed by atoms with E-state index in [0.29, 0.717) is 22.2 Å². The molecule has 0 aliphatic carbocycles. The molecule has 1 aromatic rings. The van der Waals surface area contributed by atoms with Crippen LogP contribution in [-0.4, -0.2) is 17.1 Å². The van der Waals surface area contributed by atoms with Gasteiger partial charge in [0, 0.05) is 0 Å². The van der Waals surface area contributed by atoms with Crippen LogP contribution in [-0.2, 0) is 4.79 Å². The Balaban J connectivity index is 2.88. The van der Waals surface area contributed by atoms with E-state index in [4.69, 9.17) is 28.3 Å². The van der Waals surface area contributed by atoms with Gasteiger partial charge >= 0.3 is 5.97 Å². The number of carboxylic acid groups (broad SMARTS) is 1. The Hall–Kier alpha value is -0.930. The van der Waals surface area contributed by atoms with Gasteiger partial charge in [-0.1, -0.05) is 36.2 Å². The summed E-state index contributed by atoms with van der Waals surface area (Å²) in [4.78, 5) is 10.8. The Bertz CT molecular complexity index is 368. The third kappa shape index (κ3) is 3.01. The highest BCUT2D eigenvalue weighted by Crippen LogP contribution is 2.30. The smallest absolute Gasteiger partial charge is 0.326 e. The predicted molar refractivity (Wildman–Crippen MR) is 61.8 cm³/mol. The standard InChI is InChI=1S/C10H11Cl2NO2/c1-2-7(10(14)15)13-8-5-3-4-6(11)9(8)12/h3-5,7,13H,2H2,1H3,(H,14,15). The topological polar surface area (TPSA) is 49.3 Å². The van der Waals surface area contributed by atoms with Crippen molar-refractivity contribution in [2.45, 2.75) is 19.4 Å². The summed E-state index contributed by atoms with van der Waals surface area (Å²) in [5.41, 5.74) is 0.540. The van der Waals surface area contributed by atoms with Crippen molar-refractivity contribution in [3.05, 3.63) is 28.2 Å². The summed E-state index contributed by atoms with van der Waals surface area (Å²) in [6.45, 7) is 1.78. The van der Waals surface area contributed by atoms with Gasteiger partial charge in [0.2, 0.25) is 0 Å². The van der Waals surface area contributed by atoms with Crippen molar-refractivity contribution in [2.24, 2.45) is 0 Å². The van der Waals surface area contributed by atoms with Crippen molar-refractivity contribution >= 4 is 34.9 Å². The Kier molecular flexibility index (Phi) is 4.24. The highest BCUT2D eigenvalue weighted by Gasteiger charge is 2.16. The highest BCUT2D eigenvalue weighted by molar-refractivity contribution is 6.43. The maximum Gasteiger partial charge on any atom is 0.326 e. The first-order valence-electron chi connectivity index (χ1n) is 4.49. The molecule has 0 spiro atoms. The molecule has 0 aromatic heterocycles. The zero-order valence-electron chi connectivity index (χ0n) is 8.13. The van der Waals surface area contributed by atoms with Crippen LogP contribution in [0.15, 0.2) is 18.2 Å². The third-order valence-electron chi connectivity index (χ3n) is 1.99. The zero-order valence-corrected chi connectivity index (χ0v) is 9.64. The van der Waals surface area contributed by atoms with Gasteiger partial charge in [0.25, 0.3) is 0 Å². The minimum atomic E-state index is -0.909. The van der Waals surface area contributed by atoms with E-state index in [1.54, 1.807) is 25.1 Å². The molecule has 0 radical (unpaired) electrons. The SMILES string of the molecule is CCC(Nc1cccc(Cl)c1Cl)C(=O)O. The van der Waals surface area contributed by atoms with Gasteiger partial charge in [-0.25, -0.2) is 4.79 Å². The first kappa shape index (κ1) is 12.1. The second kappa shape index (κ2) is 5.24. The van der Waals surface area contributed by atoms with E-state index in [9.17, 15) is 4.79 Å². The molecule has 2 N–H and O–H groups in total. The molecule has 0 heterocycles. The molecule has 1 rings (SSSR count). The van der Waals surface area contributed by atoms with Gasteiger partial charge in [-0.3, -0.25) is 0 Å². The molecule has 0 fully saturated rings. The number of anilines is 1. The van der Waals surface area contributed by atoms with Crippen LogP contribution in [0.3, 0.4) is 0 Å². The summed E-state index contributed by atoms with van der Waals surface area (Å²) < 4.78 is 0.